The van der Waals surface area contributed by atoms with Gasteiger partial charge in [-0.15, -0.1) is 0 Å². The zero-order valence-corrected chi connectivity index (χ0v) is 53.9. The van der Waals surface area contributed by atoms with Crippen molar-refractivity contribution in [2.24, 2.45) is 4.99 Å². The van der Waals surface area contributed by atoms with Crippen molar-refractivity contribution in [3.8, 4) is 5.75 Å². The van der Waals surface area contributed by atoms with Gasteiger partial charge in [-0.3, -0.25) is 82.4 Å². The number of rotatable bonds is 33. The van der Waals surface area contributed by atoms with Crippen LogP contribution < -0.4 is 26.0 Å². The van der Waals surface area contributed by atoms with Crippen molar-refractivity contribution >= 4 is 76.4 Å². The summed E-state index contributed by atoms with van der Waals surface area (Å²) in [5, 5.41) is 40.5. The second-order valence-corrected chi connectivity index (χ2v) is 23.9. The van der Waals surface area contributed by atoms with Crippen LogP contribution in [-0.2, 0) is 54.3 Å². The number of alkyl halides is 2. The Morgan fingerprint density at radius 2 is 1.31 bits per heavy atom. The van der Waals surface area contributed by atoms with E-state index >= 15 is 0 Å². The molecule has 0 aliphatic carbocycles. The number of aryl methyl sites for hydroxylation is 2. The predicted octanol–water partition coefficient (Wildman–Crippen LogP) is 0.831. The molecule has 0 saturated carbocycles. The van der Waals surface area contributed by atoms with E-state index in [0.29, 0.717) is 81.4 Å². The lowest BCUT2D eigenvalue weighted by Gasteiger charge is -2.36. The van der Waals surface area contributed by atoms with Gasteiger partial charge in [-0.1, -0.05) is 29.8 Å². The molecule has 94 heavy (non-hydrogen) atoms. The summed E-state index contributed by atoms with van der Waals surface area (Å²) in [7, 11) is 2.59. The highest BCUT2D eigenvalue weighted by atomic mass is 19.3. The first-order valence-electron chi connectivity index (χ1n) is 31.9. The second-order valence-electron chi connectivity index (χ2n) is 23.9. The summed E-state index contributed by atoms with van der Waals surface area (Å²) in [5.41, 5.74) is 2.98. The first kappa shape index (κ1) is 74.7. The van der Waals surface area contributed by atoms with Gasteiger partial charge in [-0.2, -0.15) is 0 Å². The van der Waals surface area contributed by atoms with E-state index in [9.17, 15) is 72.0 Å². The fraction of sp³-hybridized carbons (Fsp3) is 0.594. The molecule has 3 aliphatic rings. The number of likely N-dealkylation sites (tertiary alicyclic amines) is 1. The van der Waals surface area contributed by atoms with Gasteiger partial charge in [0, 0.05) is 123 Å². The molecular weight excluding hydrogens is 1230 g/mol. The number of piperazine rings is 1. The number of halogens is 2. The SMILES string of the molecule is C/N=C/[C@H]1CC(F)(F)CN1C(=O)CNC(=O)c1ccnc2ccc(OCCCCN3CCN(C(=O)[C@H](CC(=O)OC)NC(=O)[C@H](CCCCNC(=O)CCCc4ccc(C)cc4)NC(=O)CN4CCN(CC(=O)O)CCN(CC(=O)O)CCN(CC(=O)O)CC4)CC3)cc12. The summed E-state index contributed by atoms with van der Waals surface area (Å²) in [6.07, 6.45) is 5.54. The number of carbonyl (C=O) groups is 10. The van der Waals surface area contributed by atoms with E-state index in [0.717, 1.165) is 29.6 Å². The summed E-state index contributed by atoms with van der Waals surface area (Å²) in [4.78, 5) is 150. The topological polar surface area (TPSA) is 346 Å². The number of unbranched alkanes of at least 4 members (excludes halogenated alkanes) is 2. The van der Waals surface area contributed by atoms with Gasteiger partial charge in [0.1, 0.15) is 17.8 Å². The van der Waals surface area contributed by atoms with Gasteiger partial charge in [-0.05, 0) is 88.2 Å². The molecule has 3 aliphatic heterocycles. The molecule has 4 heterocycles. The average molecular weight is 1320 g/mol. The van der Waals surface area contributed by atoms with Crippen LogP contribution in [0.5, 0.6) is 5.75 Å². The molecule has 6 rings (SSSR count). The summed E-state index contributed by atoms with van der Waals surface area (Å²) < 4.78 is 39.4. The van der Waals surface area contributed by atoms with E-state index < -0.39 is 103 Å². The number of hydrogen-bond acceptors (Lipinski definition) is 19. The maximum atomic E-state index is 14.5. The van der Waals surface area contributed by atoms with Crippen molar-refractivity contribution in [1.29, 1.82) is 0 Å². The molecule has 3 aromatic rings. The summed E-state index contributed by atoms with van der Waals surface area (Å²) in [6, 6.07) is 11.2. The van der Waals surface area contributed by atoms with E-state index in [2.05, 4.69) is 36.1 Å². The van der Waals surface area contributed by atoms with Crippen molar-refractivity contribution in [2.75, 3.05) is 152 Å². The zero-order chi connectivity index (χ0) is 68.2. The highest BCUT2D eigenvalue weighted by Gasteiger charge is 2.46. The van der Waals surface area contributed by atoms with Crippen molar-refractivity contribution in [1.82, 2.24) is 60.6 Å². The molecular formula is C64H91F2N13O15. The molecule has 3 fully saturated rings. The van der Waals surface area contributed by atoms with Crippen LogP contribution in [0.25, 0.3) is 10.9 Å². The number of esters is 1. The second kappa shape index (κ2) is 38.1. The van der Waals surface area contributed by atoms with E-state index in [-0.39, 0.29) is 116 Å². The largest absolute Gasteiger partial charge is 0.494 e. The number of methoxy groups -OCH3 is 1. The van der Waals surface area contributed by atoms with Crippen molar-refractivity contribution < 1.29 is 81.5 Å². The normalized spacial score (nSPS) is 17.9. The number of carbonyl (C=O) groups excluding carboxylic acids is 7. The van der Waals surface area contributed by atoms with Gasteiger partial charge >= 0.3 is 23.9 Å². The molecule has 3 atom stereocenters. The first-order valence-corrected chi connectivity index (χ1v) is 31.9. The number of amides is 6. The van der Waals surface area contributed by atoms with E-state index in [4.69, 9.17) is 9.47 Å². The van der Waals surface area contributed by atoms with Crippen LogP contribution in [0.2, 0.25) is 0 Å². The van der Waals surface area contributed by atoms with Crippen molar-refractivity contribution in [2.45, 2.75) is 95.2 Å². The molecule has 30 heteroatoms. The molecule has 516 valence electrons. The number of nitrogens with one attached hydrogen (secondary N) is 4. The molecule has 0 radical (unpaired) electrons. The van der Waals surface area contributed by atoms with Gasteiger partial charge in [0.15, 0.2) is 0 Å². The zero-order valence-electron chi connectivity index (χ0n) is 53.9. The minimum atomic E-state index is -3.07. The van der Waals surface area contributed by atoms with Crippen LogP contribution in [0.15, 0.2) is 59.7 Å². The molecule has 7 N–H and O–H groups in total. The Hall–Kier alpha value is -8.32. The minimum absolute atomic E-state index is 0.0606. The Morgan fingerprint density at radius 3 is 1.90 bits per heavy atom. The highest BCUT2D eigenvalue weighted by Crippen LogP contribution is 2.31. The van der Waals surface area contributed by atoms with Crippen molar-refractivity contribution in [3.63, 3.8) is 0 Å². The number of pyridine rings is 1. The van der Waals surface area contributed by atoms with Crippen LogP contribution in [0.1, 0.15) is 79.3 Å². The average Bonchev–Trinajstić information content (AvgIpc) is 1.20. The molecule has 3 saturated heterocycles. The van der Waals surface area contributed by atoms with Crippen LogP contribution in [0, 0.1) is 6.92 Å². The number of carboxylic acid groups (broad SMARTS) is 3. The maximum Gasteiger partial charge on any atom is 0.317 e. The number of carboxylic acids is 3. The van der Waals surface area contributed by atoms with E-state index in [1.54, 1.807) is 42.7 Å². The predicted molar refractivity (Wildman–Crippen MR) is 341 cm³/mol. The lowest BCUT2D eigenvalue weighted by atomic mass is 10.1. The Labute approximate surface area is 545 Å². The Kier molecular flexibility index (Phi) is 30.3. The Morgan fingerprint density at radius 1 is 0.702 bits per heavy atom. The molecule has 0 unspecified atom stereocenters. The Bertz CT molecular complexity index is 3050. The molecule has 28 nitrogen and oxygen atoms in total. The van der Waals surface area contributed by atoms with Crippen LogP contribution in [0.3, 0.4) is 0 Å². The number of aliphatic imine (C=N–C) groups is 1. The number of nitrogens with zero attached hydrogens (tertiary/aromatic N) is 9. The van der Waals surface area contributed by atoms with Gasteiger partial charge in [0.05, 0.1) is 76.5 Å². The third-order valence-corrected chi connectivity index (χ3v) is 16.6. The maximum absolute atomic E-state index is 14.5. The molecule has 6 amide bonds. The number of aromatic nitrogens is 1. The summed E-state index contributed by atoms with van der Waals surface area (Å²) in [6.45, 7) is 3.34. The minimum Gasteiger partial charge on any atom is -0.494 e. The fourth-order valence-electron chi connectivity index (χ4n) is 11.4. The third-order valence-electron chi connectivity index (χ3n) is 16.6. The summed E-state index contributed by atoms with van der Waals surface area (Å²) >= 11 is 0. The van der Waals surface area contributed by atoms with Gasteiger partial charge in [0.2, 0.25) is 29.5 Å². The van der Waals surface area contributed by atoms with Gasteiger partial charge in [0.25, 0.3) is 11.8 Å². The number of ether oxygens (including phenoxy) is 2. The van der Waals surface area contributed by atoms with Gasteiger partial charge < -0.3 is 55.9 Å². The fourth-order valence-corrected chi connectivity index (χ4v) is 11.4. The molecule has 1 aromatic heterocycles. The van der Waals surface area contributed by atoms with E-state index in [1.165, 1.54) is 25.5 Å². The van der Waals surface area contributed by atoms with Crippen LogP contribution in [-0.4, -0.2) is 296 Å². The van der Waals surface area contributed by atoms with Gasteiger partial charge in [-0.25, -0.2) is 8.78 Å². The number of aliphatic carboxylic acids is 3. The first-order chi connectivity index (χ1) is 45.0. The van der Waals surface area contributed by atoms with Crippen LogP contribution >= 0.6 is 0 Å². The molecule has 0 spiro atoms. The standard InChI is InChI=1S/C64H91F2N13O15/c1-45-12-14-46(15-13-45)9-8-11-54(80)69-19-5-4-10-52(71-55(81)40-74-22-24-75(41-57(83)84)26-28-77(43-59(87)88)29-27-76(25-23-74)42-58(85)86)62(91)72-53(36-60(89)93-3)63(92)78-32-30-73(31-33-78)21-6-7-34-94-48-16-17-51-50(35-48)49(18-20-68-51)61(90)70-39-56(82)79-44-64(65,66)37-47(79)38-67-2/h12-18,20,35,38,47,52-53H,4-11,19,21-34,36-37,39-44H2,1-3H3,(H,69,80)(H,70,90)(H,71,81)(H,72,91)(H,83,84)(H,85,86)(H,87,88)/b67-38+/t47-,52+,53+/m1/s1. The van der Waals surface area contributed by atoms with Crippen LogP contribution in [0.4, 0.5) is 8.78 Å². The lowest BCUT2D eigenvalue weighted by Crippen LogP contribution is -2.58. The number of benzene rings is 2. The monoisotopic (exact) mass is 1320 g/mol. The number of hydrogen-bond donors (Lipinski definition) is 7. The highest BCUT2D eigenvalue weighted by molar-refractivity contribution is 6.07. The van der Waals surface area contributed by atoms with E-state index in [1.807, 2.05) is 31.2 Å². The molecule has 2 aromatic carbocycles. The molecule has 0 bridgehead atoms. The number of fused-ring (bicyclic) bond motifs is 1. The smallest absolute Gasteiger partial charge is 0.317 e. The third kappa shape index (κ3) is 25.9. The quantitative estimate of drug-likeness (QED) is 0.0252. The Balaban J connectivity index is 1.04. The van der Waals surface area contributed by atoms with Crippen molar-refractivity contribution in [3.05, 3.63) is 71.4 Å². The lowest BCUT2D eigenvalue weighted by molar-refractivity contribution is -0.147. The summed E-state index contributed by atoms with van der Waals surface area (Å²) in [5.74, 6) is -9.98.